The second-order valence-electron chi connectivity index (χ2n) is 6.06. The van der Waals surface area contributed by atoms with E-state index in [9.17, 15) is 14.7 Å². The Labute approximate surface area is 143 Å². The lowest BCUT2D eigenvalue weighted by molar-refractivity contribution is -0.137. The molecule has 5 heteroatoms. The Balaban J connectivity index is 2.29. The highest BCUT2D eigenvalue weighted by Gasteiger charge is 2.40. The van der Waals surface area contributed by atoms with Gasteiger partial charge in [0.1, 0.15) is 5.70 Å². The molecule has 2 amide bonds. The van der Waals surface area contributed by atoms with E-state index in [0.717, 1.165) is 31.2 Å². The fourth-order valence-electron chi connectivity index (χ4n) is 2.94. The summed E-state index contributed by atoms with van der Waals surface area (Å²) in [5, 5.41) is 9.20. The number of hydrogen-bond donors (Lipinski definition) is 1. The third kappa shape index (κ3) is 3.85. The van der Waals surface area contributed by atoms with Crippen LogP contribution in [0.15, 0.2) is 36.0 Å². The van der Waals surface area contributed by atoms with Crippen molar-refractivity contribution in [3.8, 4) is 0 Å². The molecule has 2 rings (SSSR count). The third-order valence-corrected chi connectivity index (χ3v) is 4.26. The molecule has 0 aromatic heterocycles. The van der Waals surface area contributed by atoms with Gasteiger partial charge in [0.2, 0.25) is 0 Å². The minimum Gasteiger partial charge on any atom is -0.395 e. The van der Waals surface area contributed by atoms with Crippen LogP contribution in [0.1, 0.15) is 38.2 Å². The van der Waals surface area contributed by atoms with Crippen molar-refractivity contribution in [3.63, 3.8) is 0 Å². The first-order chi connectivity index (χ1) is 11.6. The van der Waals surface area contributed by atoms with Crippen LogP contribution in [0.3, 0.4) is 0 Å². The van der Waals surface area contributed by atoms with Gasteiger partial charge in [-0.3, -0.25) is 14.5 Å². The second-order valence-corrected chi connectivity index (χ2v) is 6.06. The molecule has 0 unspecified atom stereocenters. The van der Waals surface area contributed by atoms with E-state index in [2.05, 4.69) is 6.92 Å². The van der Waals surface area contributed by atoms with E-state index in [4.69, 9.17) is 0 Å². The van der Waals surface area contributed by atoms with E-state index in [0.29, 0.717) is 24.4 Å². The molecule has 0 aliphatic carbocycles. The van der Waals surface area contributed by atoms with E-state index in [1.807, 2.05) is 30.3 Å². The minimum atomic E-state index is -0.258. The summed E-state index contributed by atoms with van der Waals surface area (Å²) in [6.07, 6.45) is 4.05. The maximum absolute atomic E-state index is 12.9. The molecule has 1 heterocycles. The van der Waals surface area contributed by atoms with Crippen LogP contribution in [0.4, 0.5) is 0 Å². The van der Waals surface area contributed by atoms with E-state index in [1.54, 1.807) is 11.9 Å². The summed E-state index contributed by atoms with van der Waals surface area (Å²) >= 11 is 0. The Bertz CT molecular complexity index is 610. The zero-order valence-electron chi connectivity index (χ0n) is 14.5. The summed E-state index contributed by atoms with van der Waals surface area (Å²) in [6.45, 7) is 2.82. The number of likely N-dealkylation sites (N-methyl/N-ethyl adjacent to an activating group) is 1. The molecule has 130 valence electrons. The Hall–Kier alpha value is -2.14. The number of carbonyl (C=O) groups is 2. The van der Waals surface area contributed by atoms with Gasteiger partial charge in [-0.25, -0.2) is 0 Å². The smallest absolute Gasteiger partial charge is 0.277 e. The van der Waals surface area contributed by atoms with Crippen LogP contribution >= 0.6 is 0 Å². The van der Waals surface area contributed by atoms with E-state index >= 15 is 0 Å². The first kappa shape index (κ1) is 18.2. The topological polar surface area (TPSA) is 60.9 Å². The SMILES string of the molecule is CCCCCCN1C(=O)C(c2ccccc2)=C(N(C)CCO)C1=O. The van der Waals surface area contributed by atoms with Crippen molar-refractivity contribution in [2.75, 3.05) is 26.7 Å². The highest BCUT2D eigenvalue weighted by Crippen LogP contribution is 2.31. The lowest BCUT2D eigenvalue weighted by Gasteiger charge is -2.20. The monoisotopic (exact) mass is 330 g/mol. The fourth-order valence-corrected chi connectivity index (χ4v) is 2.94. The van der Waals surface area contributed by atoms with Crippen LogP contribution in [-0.2, 0) is 9.59 Å². The van der Waals surface area contributed by atoms with Crippen LogP contribution < -0.4 is 0 Å². The van der Waals surface area contributed by atoms with Gasteiger partial charge in [-0.2, -0.15) is 0 Å². The molecule has 0 fully saturated rings. The molecule has 0 atom stereocenters. The molecule has 0 radical (unpaired) electrons. The van der Waals surface area contributed by atoms with Crippen LogP contribution in [0, 0.1) is 0 Å². The van der Waals surface area contributed by atoms with Crippen molar-refractivity contribution in [1.82, 2.24) is 9.80 Å². The molecule has 1 aromatic carbocycles. The molecular weight excluding hydrogens is 304 g/mol. The van der Waals surface area contributed by atoms with Crippen LogP contribution in [0.2, 0.25) is 0 Å². The second kappa shape index (κ2) is 8.64. The molecule has 24 heavy (non-hydrogen) atoms. The normalized spacial score (nSPS) is 14.7. The third-order valence-electron chi connectivity index (χ3n) is 4.26. The molecule has 1 aliphatic rings. The molecule has 1 N–H and O–H groups in total. The van der Waals surface area contributed by atoms with E-state index < -0.39 is 0 Å². The fraction of sp³-hybridized carbons (Fsp3) is 0.474. The lowest BCUT2D eigenvalue weighted by Crippen LogP contribution is -2.35. The Morgan fingerprint density at radius 3 is 2.38 bits per heavy atom. The van der Waals surface area contributed by atoms with Crippen LogP contribution in [0.5, 0.6) is 0 Å². The van der Waals surface area contributed by atoms with Crippen molar-refractivity contribution in [1.29, 1.82) is 0 Å². The minimum absolute atomic E-state index is 0.0694. The summed E-state index contributed by atoms with van der Waals surface area (Å²) in [5.74, 6) is -0.492. The first-order valence-corrected chi connectivity index (χ1v) is 8.59. The van der Waals surface area contributed by atoms with Gasteiger partial charge in [0, 0.05) is 20.1 Å². The Morgan fingerprint density at radius 2 is 1.75 bits per heavy atom. The predicted molar refractivity (Wildman–Crippen MR) is 93.9 cm³/mol. The van der Waals surface area contributed by atoms with Gasteiger partial charge in [0.05, 0.1) is 12.2 Å². The van der Waals surface area contributed by atoms with Crippen LogP contribution in [0.25, 0.3) is 5.57 Å². The molecule has 5 nitrogen and oxygen atoms in total. The molecule has 1 aromatic rings. The molecule has 0 bridgehead atoms. The largest absolute Gasteiger partial charge is 0.395 e. The number of rotatable bonds is 9. The summed E-state index contributed by atoms with van der Waals surface area (Å²) in [7, 11) is 1.74. The summed E-state index contributed by atoms with van der Waals surface area (Å²) in [5.41, 5.74) is 1.56. The molecule has 0 spiro atoms. The van der Waals surface area contributed by atoms with Crippen molar-refractivity contribution in [2.45, 2.75) is 32.6 Å². The number of benzene rings is 1. The maximum Gasteiger partial charge on any atom is 0.277 e. The lowest BCUT2D eigenvalue weighted by atomic mass is 10.0. The number of unbranched alkanes of at least 4 members (excludes halogenated alkanes) is 3. The van der Waals surface area contributed by atoms with E-state index in [1.165, 1.54) is 4.90 Å². The predicted octanol–water partition coefficient (Wildman–Crippen LogP) is 2.27. The zero-order valence-corrected chi connectivity index (χ0v) is 14.5. The van der Waals surface area contributed by atoms with Crippen molar-refractivity contribution >= 4 is 17.4 Å². The Kier molecular flexibility index (Phi) is 6.55. The molecule has 0 saturated heterocycles. The van der Waals surface area contributed by atoms with Gasteiger partial charge < -0.3 is 10.0 Å². The quantitative estimate of drug-likeness (QED) is 0.557. The Morgan fingerprint density at radius 1 is 1.04 bits per heavy atom. The number of carbonyl (C=O) groups excluding carboxylic acids is 2. The first-order valence-electron chi connectivity index (χ1n) is 8.59. The van der Waals surface area contributed by atoms with Gasteiger partial charge in [0.25, 0.3) is 11.8 Å². The number of aliphatic hydroxyl groups is 1. The molecule has 0 saturated carbocycles. The van der Waals surface area contributed by atoms with Crippen molar-refractivity contribution < 1.29 is 14.7 Å². The van der Waals surface area contributed by atoms with Crippen molar-refractivity contribution in [3.05, 3.63) is 41.6 Å². The number of amides is 2. The zero-order chi connectivity index (χ0) is 17.5. The van der Waals surface area contributed by atoms with Crippen LogP contribution in [-0.4, -0.2) is 53.5 Å². The highest BCUT2D eigenvalue weighted by atomic mass is 16.3. The molecular formula is C19H26N2O3. The average molecular weight is 330 g/mol. The molecule has 1 aliphatic heterocycles. The summed E-state index contributed by atoms with van der Waals surface area (Å²) < 4.78 is 0. The van der Waals surface area contributed by atoms with Gasteiger partial charge in [-0.05, 0) is 12.0 Å². The average Bonchev–Trinajstić information content (AvgIpc) is 2.84. The van der Waals surface area contributed by atoms with Crippen molar-refractivity contribution in [2.24, 2.45) is 0 Å². The summed E-state index contributed by atoms with van der Waals surface area (Å²) in [4.78, 5) is 28.7. The highest BCUT2D eigenvalue weighted by molar-refractivity contribution is 6.35. The number of imide groups is 1. The number of nitrogens with zero attached hydrogens (tertiary/aromatic N) is 2. The van der Waals surface area contributed by atoms with E-state index in [-0.39, 0.29) is 18.4 Å². The van der Waals surface area contributed by atoms with Gasteiger partial charge in [-0.15, -0.1) is 0 Å². The number of hydrogen-bond acceptors (Lipinski definition) is 4. The number of aliphatic hydroxyl groups excluding tert-OH is 1. The van der Waals surface area contributed by atoms with Gasteiger partial charge >= 0.3 is 0 Å². The van der Waals surface area contributed by atoms with Gasteiger partial charge in [-0.1, -0.05) is 56.5 Å². The maximum atomic E-state index is 12.9. The standard InChI is InChI=1S/C19H26N2O3/c1-3-4-5-9-12-21-18(23)16(15-10-7-6-8-11-15)17(19(21)24)20(2)13-14-22/h6-8,10-11,22H,3-5,9,12-14H2,1-2H3. The van der Waals surface area contributed by atoms with Gasteiger partial charge in [0.15, 0.2) is 0 Å². The summed E-state index contributed by atoms with van der Waals surface area (Å²) in [6, 6.07) is 9.27.